The molecule has 0 aliphatic heterocycles. The Morgan fingerprint density at radius 1 is 1.25 bits per heavy atom. The summed E-state index contributed by atoms with van der Waals surface area (Å²) in [5.74, 6) is 0.558. The molecule has 6 heteroatoms. The van der Waals surface area contributed by atoms with Crippen LogP contribution in [0.25, 0.3) is 10.9 Å². The molecule has 2 rings (SSSR count). The number of hydrogen-bond donors (Lipinski definition) is 1. The molecule has 0 radical (unpaired) electrons. The van der Waals surface area contributed by atoms with E-state index in [4.69, 9.17) is 11.6 Å². The first-order valence-electron chi connectivity index (χ1n) is 6.45. The molecule has 0 aliphatic carbocycles. The second-order valence-electron chi connectivity index (χ2n) is 4.65. The third kappa shape index (κ3) is 3.84. The normalized spacial score (nSPS) is 11.7. The van der Waals surface area contributed by atoms with E-state index in [0.717, 1.165) is 16.6 Å². The number of aryl methyl sites for hydroxylation is 1. The minimum Gasteiger partial charge on any atom is -0.283 e. The number of nitrogens with zero attached hydrogens (tertiary/aromatic N) is 1. The van der Waals surface area contributed by atoms with Crippen LogP contribution in [0.2, 0.25) is 0 Å². The minimum absolute atomic E-state index is 0.0788. The summed E-state index contributed by atoms with van der Waals surface area (Å²) >= 11 is 5.57. The Labute approximate surface area is 124 Å². The van der Waals surface area contributed by atoms with Gasteiger partial charge in [0.1, 0.15) is 0 Å². The SMILES string of the molecule is Cc1cc(NS(=O)(=O)CCCCCl)c2ccccc2n1. The number of nitrogens with one attached hydrogen (secondary N) is 1. The smallest absolute Gasteiger partial charge is 0.232 e. The van der Waals surface area contributed by atoms with Gasteiger partial charge in [0.25, 0.3) is 0 Å². The number of fused-ring (bicyclic) bond motifs is 1. The largest absolute Gasteiger partial charge is 0.283 e. The minimum atomic E-state index is -3.35. The molecule has 108 valence electrons. The lowest BCUT2D eigenvalue weighted by Gasteiger charge is -2.11. The van der Waals surface area contributed by atoms with Crippen molar-refractivity contribution in [1.82, 2.24) is 4.98 Å². The Hall–Kier alpha value is -1.33. The summed E-state index contributed by atoms with van der Waals surface area (Å²) in [6.45, 7) is 1.84. The number of alkyl halides is 1. The summed E-state index contributed by atoms with van der Waals surface area (Å²) in [6, 6.07) is 9.23. The third-order valence-corrected chi connectivity index (χ3v) is 4.53. The van der Waals surface area contributed by atoms with Crippen molar-refractivity contribution in [3.63, 3.8) is 0 Å². The van der Waals surface area contributed by atoms with Crippen LogP contribution in [-0.2, 0) is 10.0 Å². The van der Waals surface area contributed by atoms with Crippen LogP contribution in [0, 0.1) is 6.92 Å². The van der Waals surface area contributed by atoms with Crippen molar-refractivity contribution >= 4 is 38.2 Å². The fourth-order valence-electron chi connectivity index (χ4n) is 2.00. The van der Waals surface area contributed by atoms with Crippen molar-refractivity contribution in [3.05, 3.63) is 36.0 Å². The fourth-order valence-corrected chi connectivity index (χ4v) is 3.38. The molecule has 0 fully saturated rings. The van der Waals surface area contributed by atoms with Gasteiger partial charge in [-0.2, -0.15) is 0 Å². The van der Waals surface area contributed by atoms with E-state index >= 15 is 0 Å². The van der Waals surface area contributed by atoms with Crippen LogP contribution in [0.4, 0.5) is 5.69 Å². The lowest BCUT2D eigenvalue weighted by atomic mass is 10.2. The monoisotopic (exact) mass is 312 g/mol. The molecule has 0 unspecified atom stereocenters. The van der Waals surface area contributed by atoms with Crippen molar-refractivity contribution in [2.75, 3.05) is 16.4 Å². The number of sulfonamides is 1. The number of hydrogen-bond acceptors (Lipinski definition) is 3. The van der Waals surface area contributed by atoms with Gasteiger partial charge >= 0.3 is 0 Å². The van der Waals surface area contributed by atoms with Gasteiger partial charge in [-0.1, -0.05) is 18.2 Å². The van der Waals surface area contributed by atoms with E-state index < -0.39 is 10.0 Å². The summed E-state index contributed by atoms with van der Waals surface area (Å²) in [5, 5.41) is 0.805. The first-order chi connectivity index (χ1) is 9.52. The molecule has 0 atom stereocenters. The average molecular weight is 313 g/mol. The van der Waals surface area contributed by atoms with Gasteiger partial charge in [-0.25, -0.2) is 8.42 Å². The van der Waals surface area contributed by atoms with Gasteiger partial charge in [0.05, 0.1) is 17.0 Å². The molecule has 1 heterocycles. The van der Waals surface area contributed by atoms with Crippen LogP contribution in [0.5, 0.6) is 0 Å². The van der Waals surface area contributed by atoms with Crippen LogP contribution < -0.4 is 4.72 Å². The van der Waals surface area contributed by atoms with E-state index in [9.17, 15) is 8.42 Å². The molecule has 4 nitrogen and oxygen atoms in total. The summed E-state index contributed by atoms with van der Waals surface area (Å²) in [5.41, 5.74) is 2.15. The van der Waals surface area contributed by atoms with Crippen molar-refractivity contribution in [2.24, 2.45) is 0 Å². The molecule has 0 aliphatic rings. The van der Waals surface area contributed by atoms with Crippen molar-refractivity contribution < 1.29 is 8.42 Å². The van der Waals surface area contributed by atoms with Gasteiger partial charge < -0.3 is 0 Å². The molecule has 20 heavy (non-hydrogen) atoms. The predicted octanol–water partition coefficient (Wildman–Crippen LogP) is 3.30. The van der Waals surface area contributed by atoms with Gasteiger partial charge in [-0.05, 0) is 31.9 Å². The van der Waals surface area contributed by atoms with Crippen molar-refractivity contribution in [3.8, 4) is 0 Å². The van der Waals surface area contributed by atoms with Gasteiger partial charge in [0.15, 0.2) is 0 Å². The molecule has 1 aromatic heterocycles. The lowest BCUT2D eigenvalue weighted by Crippen LogP contribution is -2.17. The highest BCUT2D eigenvalue weighted by Gasteiger charge is 2.12. The quantitative estimate of drug-likeness (QED) is 0.657. The van der Waals surface area contributed by atoms with Crippen LogP contribution in [0.3, 0.4) is 0 Å². The Morgan fingerprint density at radius 3 is 2.75 bits per heavy atom. The maximum atomic E-state index is 12.1. The van der Waals surface area contributed by atoms with Gasteiger partial charge in [-0.15, -0.1) is 11.6 Å². The van der Waals surface area contributed by atoms with Gasteiger partial charge in [-0.3, -0.25) is 9.71 Å². The maximum Gasteiger partial charge on any atom is 0.232 e. The van der Waals surface area contributed by atoms with E-state index in [1.54, 1.807) is 6.07 Å². The molecule has 1 aromatic carbocycles. The molecular formula is C14H17ClN2O2S. The summed E-state index contributed by atoms with van der Waals surface area (Å²) < 4.78 is 26.8. The number of rotatable bonds is 6. The molecule has 2 aromatic rings. The fraction of sp³-hybridized carbons (Fsp3) is 0.357. The number of para-hydroxylation sites is 1. The van der Waals surface area contributed by atoms with Crippen molar-refractivity contribution in [1.29, 1.82) is 0 Å². The second kappa shape index (κ2) is 6.41. The predicted molar refractivity (Wildman–Crippen MR) is 83.8 cm³/mol. The standard InChI is InChI=1S/C14H17ClN2O2S/c1-11-10-14(12-6-2-3-7-13(12)16-11)17-20(18,19)9-5-4-8-15/h2-3,6-7,10H,4-5,8-9H2,1H3,(H,16,17). The molecule has 0 spiro atoms. The molecule has 1 N–H and O–H groups in total. The molecule has 0 amide bonds. The van der Waals surface area contributed by atoms with Crippen LogP contribution in [0.1, 0.15) is 18.5 Å². The molecule has 0 saturated heterocycles. The Balaban J connectivity index is 2.29. The van der Waals surface area contributed by atoms with Crippen molar-refractivity contribution in [2.45, 2.75) is 19.8 Å². The number of unbranched alkanes of at least 4 members (excludes halogenated alkanes) is 1. The van der Waals surface area contributed by atoms with Gasteiger partial charge in [0.2, 0.25) is 10.0 Å². The molecular weight excluding hydrogens is 296 g/mol. The highest BCUT2D eigenvalue weighted by atomic mass is 35.5. The number of benzene rings is 1. The summed E-state index contributed by atoms with van der Waals surface area (Å²) in [6.07, 6.45) is 1.25. The Kier molecular flexibility index (Phi) is 4.83. The Bertz CT molecular complexity index is 701. The summed E-state index contributed by atoms with van der Waals surface area (Å²) in [7, 11) is -3.35. The molecule has 0 bridgehead atoms. The lowest BCUT2D eigenvalue weighted by molar-refractivity contribution is 0.598. The second-order valence-corrected chi connectivity index (χ2v) is 6.87. The van der Waals surface area contributed by atoms with Crippen LogP contribution >= 0.6 is 11.6 Å². The highest BCUT2D eigenvalue weighted by molar-refractivity contribution is 7.92. The van der Waals surface area contributed by atoms with E-state index in [2.05, 4.69) is 9.71 Å². The average Bonchev–Trinajstić information content (AvgIpc) is 2.38. The maximum absolute atomic E-state index is 12.1. The van der Waals surface area contributed by atoms with E-state index in [-0.39, 0.29) is 5.75 Å². The zero-order valence-corrected chi connectivity index (χ0v) is 12.8. The van der Waals surface area contributed by atoms with E-state index in [1.807, 2.05) is 31.2 Å². The third-order valence-electron chi connectivity index (χ3n) is 2.91. The molecule has 0 saturated carbocycles. The Morgan fingerprint density at radius 2 is 2.00 bits per heavy atom. The van der Waals surface area contributed by atoms with Crippen LogP contribution in [-0.4, -0.2) is 25.0 Å². The number of anilines is 1. The first-order valence-corrected chi connectivity index (χ1v) is 8.63. The van der Waals surface area contributed by atoms with E-state index in [1.165, 1.54) is 0 Å². The first kappa shape index (κ1) is 15.1. The number of pyridine rings is 1. The van der Waals surface area contributed by atoms with Gasteiger partial charge in [0, 0.05) is 17.0 Å². The van der Waals surface area contributed by atoms with Crippen LogP contribution in [0.15, 0.2) is 30.3 Å². The summed E-state index contributed by atoms with van der Waals surface area (Å²) in [4.78, 5) is 4.39. The zero-order chi connectivity index (χ0) is 14.6. The van der Waals surface area contributed by atoms with E-state index in [0.29, 0.717) is 24.4 Å². The number of aromatic nitrogens is 1. The topological polar surface area (TPSA) is 59.1 Å². The highest BCUT2D eigenvalue weighted by Crippen LogP contribution is 2.24. The zero-order valence-electron chi connectivity index (χ0n) is 11.3. The number of halogens is 1.